The molecule has 29 heavy (non-hydrogen) atoms. The molecule has 2 saturated heterocycles. The highest BCUT2D eigenvalue weighted by Crippen LogP contribution is 2.36. The molecule has 2 aliphatic rings. The lowest BCUT2D eigenvalue weighted by molar-refractivity contribution is -0.133. The minimum absolute atomic E-state index is 0.0542. The molecule has 1 aromatic carbocycles. The topological polar surface area (TPSA) is 52.7 Å². The number of hydrogen-bond acceptors (Lipinski definition) is 5. The molecule has 1 atom stereocenters. The average Bonchev–Trinajstić information content (AvgIpc) is 3.28. The molecule has 1 amide bonds. The van der Waals surface area contributed by atoms with E-state index in [0.717, 1.165) is 52.2 Å². The van der Waals surface area contributed by atoms with E-state index in [1.807, 2.05) is 42.3 Å². The van der Waals surface area contributed by atoms with Crippen LogP contribution in [0.5, 0.6) is 0 Å². The first kappa shape index (κ1) is 21.0. The summed E-state index contributed by atoms with van der Waals surface area (Å²) < 4.78 is 1.15. The Morgan fingerprint density at radius 2 is 1.93 bits per heavy atom. The molecule has 3 heterocycles. The zero-order chi connectivity index (χ0) is 20.4. The largest absolute Gasteiger partial charge is 0.324 e. The zero-order valence-corrected chi connectivity index (χ0v) is 19.5. The summed E-state index contributed by atoms with van der Waals surface area (Å²) in [6, 6.07) is 14.1. The van der Waals surface area contributed by atoms with Crippen LogP contribution in [0.15, 0.2) is 42.5 Å². The summed E-state index contributed by atoms with van der Waals surface area (Å²) in [4.78, 5) is 30.4. The lowest BCUT2D eigenvalue weighted by Crippen LogP contribution is -2.54. The van der Waals surface area contributed by atoms with E-state index in [1.54, 1.807) is 11.3 Å². The molecule has 1 N–H and O–H groups in total. The maximum atomic E-state index is 13.0. The second kappa shape index (κ2) is 8.83. The molecule has 1 unspecified atom stereocenters. The van der Waals surface area contributed by atoms with Crippen molar-refractivity contribution in [1.29, 1.82) is 0 Å². The molecule has 0 radical (unpaired) electrons. The molecule has 154 valence electrons. The van der Waals surface area contributed by atoms with Gasteiger partial charge in [-0.05, 0) is 66.1 Å². The van der Waals surface area contributed by atoms with Crippen LogP contribution < -0.4 is 5.32 Å². The van der Waals surface area contributed by atoms with Gasteiger partial charge in [-0.3, -0.25) is 14.9 Å². The summed E-state index contributed by atoms with van der Waals surface area (Å²) in [5.74, 6) is 0.444. The molecule has 7 heteroatoms. The van der Waals surface area contributed by atoms with Crippen LogP contribution in [0.3, 0.4) is 0 Å². The number of hydrogen-bond donors (Lipinski definition) is 1. The van der Waals surface area contributed by atoms with E-state index in [4.69, 9.17) is 0 Å². The number of amides is 1. The first-order chi connectivity index (χ1) is 14.0. The lowest BCUT2D eigenvalue weighted by Gasteiger charge is -2.37. The normalized spacial score (nSPS) is 21.8. The standard InChI is InChI=1S/C22H26IN3O2S/c1-25-20(16-6-3-2-4-7-16)24-22(21(25)28)11-14-26(15-12-22)13-5-8-17(27)18-9-10-19(23)29-18/h2-4,6-7,9-10,20,24H,5,8,11-15H2,1H3. The van der Waals surface area contributed by atoms with Crippen LogP contribution in [0.1, 0.15) is 47.1 Å². The Labute approximate surface area is 189 Å². The molecule has 4 rings (SSSR count). The first-order valence-corrected chi connectivity index (χ1v) is 12.0. The lowest BCUT2D eigenvalue weighted by atomic mass is 9.87. The van der Waals surface area contributed by atoms with Gasteiger partial charge in [0.2, 0.25) is 5.91 Å². The van der Waals surface area contributed by atoms with Crippen LogP contribution >= 0.6 is 33.9 Å². The monoisotopic (exact) mass is 523 g/mol. The summed E-state index contributed by atoms with van der Waals surface area (Å²) in [6.45, 7) is 2.69. The van der Waals surface area contributed by atoms with Crippen molar-refractivity contribution in [2.24, 2.45) is 0 Å². The van der Waals surface area contributed by atoms with Crippen LogP contribution in [0.2, 0.25) is 0 Å². The van der Waals surface area contributed by atoms with E-state index in [0.29, 0.717) is 6.42 Å². The highest BCUT2D eigenvalue weighted by atomic mass is 127. The van der Waals surface area contributed by atoms with Gasteiger partial charge in [-0.15, -0.1) is 11.3 Å². The number of benzene rings is 1. The summed E-state index contributed by atoms with van der Waals surface area (Å²) in [5, 5.41) is 3.64. The maximum absolute atomic E-state index is 13.0. The van der Waals surface area contributed by atoms with Crippen molar-refractivity contribution in [3.8, 4) is 0 Å². The van der Waals surface area contributed by atoms with Gasteiger partial charge in [0.25, 0.3) is 0 Å². The van der Waals surface area contributed by atoms with Crippen molar-refractivity contribution in [2.45, 2.75) is 37.4 Å². The molecule has 0 bridgehead atoms. The number of ketones is 1. The smallest absolute Gasteiger partial charge is 0.244 e. The second-order valence-electron chi connectivity index (χ2n) is 7.93. The van der Waals surface area contributed by atoms with Gasteiger partial charge in [-0.25, -0.2) is 0 Å². The number of piperidine rings is 1. The third-order valence-corrected chi connectivity index (χ3v) is 8.02. The Bertz CT molecular complexity index is 877. The molecule has 5 nitrogen and oxygen atoms in total. The van der Waals surface area contributed by atoms with E-state index in [-0.39, 0.29) is 17.9 Å². The van der Waals surface area contributed by atoms with Gasteiger partial charge in [0, 0.05) is 26.6 Å². The van der Waals surface area contributed by atoms with E-state index in [2.05, 4.69) is 44.9 Å². The molecular formula is C22H26IN3O2S. The first-order valence-electron chi connectivity index (χ1n) is 10.1. The molecule has 2 fully saturated rings. The van der Waals surface area contributed by atoms with Crippen molar-refractivity contribution in [2.75, 3.05) is 26.7 Å². The number of carbonyl (C=O) groups excluding carboxylic acids is 2. The Balaban J connectivity index is 1.29. The number of Topliss-reactive ketones (excluding diaryl/α,β-unsaturated/α-hetero) is 1. The van der Waals surface area contributed by atoms with Crippen molar-refractivity contribution < 1.29 is 9.59 Å². The minimum Gasteiger partial charge on any atom is -0.324 e. The zero-order valence-electron chi connectivity index (χ0n) is 16.6. The van der Waals surface area contributed by atoms with Gasteiger partial charge in [0.05, 0.1) is 7.76 Å². The van der Waals surface area contributed by atoms with Crippen LogP contribution in [0.25, 0.3) is 0 Å². The highest BCUT2D eigenvalue weighted by molar-refractivity contribution is 14.1. The Morgan fingerprint density at radius 1 is 1.21 bits per heavy atom. The Kier molecular flexibility index (Phi) is 6.38. The summed E-state index contributed by atoms with van der Waals surface area (Å²) >= 11 is 3.82. The Hall–Kier alpha value is -1.29. The third-order valence-electron chi connectivity index (χ3n) is 6.08. The average molecular weight is 523 g/mol. The third kappa shape index (κ3) is 4.42. The molecule has 2 aliphatic heterocycles. The number of carbonyl (C=O) groups is 2. The van der Waals surface area contributed by atoms with Gasteiger partial charge < -0.3 is 9.80 Å². The summed E-state index contributed by atoms with van der Waals surface area (Å²) in [7, 11) is 1.89. The van der Waals surface area contributed by atoms with Gasteiger partial charge in [-0.2, -0.15) is 0 Å². The van der Waals surface area contributed by atoms with Crippen molar-refractivity contribution in [3.63, 3.8) is 0 Å². The number of rotatable bonds is 6. The predicted octanol–water partition coefficient (Wildman–Crippen LogP) is 3.91. The number of thiophene rings is 1. The van der Waals surface area contributed by atoms with Gasteiger partial charge in [-0.1, -0.05) is 30.3 Å². The number of likely N-dealkylation sites (tertiary alicyclic amines) is 1. The quantitative estimate of drug-likeness (QED) is 0.461. The molecule has 0 saturated carbocycles. The van der Waals surface area contributed by atoms with E-state index >= 15 is 0 Å². The number of nitrogens with one attached hydrogen (secondary N) is 1. The molecule has 0 aliphatic carbocycles. The van der Waals surface area contributed by atoms with Gasteiger partial charge in [0.1, 0.15) is 11.7 Å². The van der Waals surface area contributed by atoms with Crippen molar-refractivity contribution in [1.82, 2.24) is 15.1 Å². The fourth-order valence-electron chi connectivity index (χ4n) is 4.38. The van der Waals surface area contributed by atoms with Crippen molar-refractivity contribution in [3.05, 3.63) is 55.8 Å². The van der Waals surface area contributed by atoms with Gasteiger partial charge >= 0.3 is 0 Å². The van der Waals surface area contributed by atoms with Crippen LogP contribution in [0.4, 0.5) is 0 Å². The number of likely N-dealkylation sites (N-methyl/N-ethyl adjacent to an activating group) is 1. The molecule has 2 aromatic rings. The van der Waals surface area contributed by atoms with E-state index in [1.165, 1.54) is 0 Å². The molecular weight excluding hydrogens is 497 g/mol. The number of halogens is 1. The van der Waals surface area contributed by atoms with Crippen LogP contribution in [-0.4, -0.2) is 53.7 Å². The number of nitrogens with zero attached hydrogens (tertiary/aromatic N) is 2. The summed E-state index contributed by atoms with van der Waals surface area (Å²) in [5.41, 5.74) is 0.680. The van der Waals surface area contributed by atoms with E-state index in [9.17, 15) is 9.59 Å². The van der Waals surface area contributed by atoms with Gasteiger partial charge in [0.15, 0.2) is 5.78 Å². The van der Waals surface area contributed by atoms with Crippen molar-refractivity contribution >= 4 is 45.6 Å². The molecule has 1 spiro atoms. The van der Waals surface area contributed by atoms with Crippen LogP contribution in [0, 0.1) is 2.88 Å². The van der Waals surface area contributed by atoms with Crippen LogP contribution in [-0.2, 0) is 4.79 Å². The maximum Gasteiger partial charge on any atom is 0.244 e. The van der Waals surface area contributed by atoms with E-state index < -0.39 is 5.54 Å². The summed E-state index contributed by atoms with van der Waals surface area (Å²) in [6.07, 6.45) is 3.04. The highest BCUT2D eigenvalue weighted by Gasteiger charge is 2.51. The minimum atomic E-state index is -0.449. The SMILES string of the molecule is CN1C(=O)C2(CCN(CCCC(=O)c3ccc(I)s3)CC2)NC1c1ccccc1. The molecule has 1 aromatic heterocycles. The fourth-order valence-corrected chi connectivity index (χ4v) is 5.97. The fraction of sp³-hybridized carbons (Fsp3) is 0.455. The Morgan fingerprint density at radius 3 is 2.59 bits per heavy atom. The second-order valence-corrected chi connectivity index (χ2v) is 10.9. The predicted molar refractivity (Wildman–Crippen MR) is 124 cm³/mol.